The molecule has 2 heterocycles. The molecule has 0 saturated heterocycles. The second-order valence-electron chi connectivity index (χ2n) is 6.28. The Labute approximate surface area is 159 Å². The molecule has 3 rings (SSSR count). The van der Waals surface area contributed by atoms with Crippen LogP contribution in [-0.4, -0.2) is 27.4 Å². The smallest absolute Gasteiger partial charge is 0.277 e. The van der Waals surface area contributed by atoms with E-state index >= 15 is 0 Å². The Morgan fingerprint density at radius 1 is 1.07 bits per heavy atom. The number of rotatable bonds is 6. The van der Waals surface area contributed by atoms with Crippen molar-refractivity contribution in [2.24, 2.45) is 0 Å². The topological polar surface area (TPSA) is 71.0 Å². The van der Waals surface area contributed by atoms with Gasteiger partial charge in [-0.15, -0.1) is 0 Å². The van der Waals surface area contributed by atoms with Crippen molar-refractivity contribution < 1.29 is 4.79 Å². The number of anilines is 2. The average molecular weight is 361 g/mol. The predicted molar refractivity (Wildman–Crippen MR) is 107 cm³/mol. The van der Waals surface area contributed by atoms with Gasteiger partial charge in [-0.2, -0.15) is 0 Å². The fraction of sp³-hybridized carbons (Fsp3) is 0.238. The number of aromatic nitrogens is 3. The van der Waals surface area contributed by atoms with Gasteiger partial charge in [0.25, 0.3) is 5.91 Å². The molecule has 1 N–H and O–H groups in total. The molecule has 1 aromatic carbocycles. The number of aryl methyl sites for hydroxylation is 2. The van der Waals surface area contributed by atoms with E-state index in [-0.39, 0.29) is 5.91 Å². The van der Waals surface area contributed by atoms with Crippen molar-refractivity contribution >= 4 is 17.5 Å². The molecule has 0 saturated carbocycles. The van der Waals surface area contributed by atoms with Gasteiger partial charge in [0.15, 0.2) is 0 Å². The van der Waals surface area contributed by atoms with Crippen LogP contribution >= 0.6 is 0 Å². The van der Waals surface area contributed by atoms with Gasteiger partial charge in [-0.3, -0.25) is 9.78 Å². The highest BCUT2D eigenvalue weighted by atomic mass is 16.2. The summed E-state index contributed by atoms with van der Waals surface area (Å²) in [4.78, 5) is 27.9. The lowest BCUT2D eigenvalue weighted by molar-refractivity contribution is 0.0983. The van der Waals surface area contributed by atoms with Crippen LogP contribution in [0, 0.1) is 13.8 Å². The van der Waals surface area contributed by atoms with Gasteiger partial charge < -0.3 is 10.2 Å². The van der Waals surface area contributed by atoms with Gasteiger partial charge in [-0.1, -0.05) is 18.2 Å². The van der Waals surface area contributed by atoms with Crippen molar-refractivity contribution in [2.45, 2.75) is 27.3 Å². The Kier molecular flexibility index (Phi) is 5.76. The van der Waals surface area contributed by atoms with E-state index < -0.39 is 0 Å². The summed E-state index contributed by atoms with van der Waals surface area (Å²) in [6, 6.07) is 15.3. The first-order chi connectivity index (χ1) is 13.1. The quantitative estimate of drug-likeness (QED) is 0.724. The van der Waals surface area contributed by atoms with Crippen LogP contribution in [0.2, 0.25) is 0 Å². The summed E-state index contributed by atoms with van der Waals surface area (Å²) in [7, 11) is 0. The van der Waals surface area contributed by atoms with E-state index in [9.17, 15) is 4.79 Å². The Morgan fingerprint density at radius 2 is 1.93 bits per heavy atom. The van der Waals surface area contributed by atoms with Gasteiger partial charge in [0.05, 0.1) is 12.2 Å². The standard InChI is InChI=1S/C21H23N5O/c1-4-26(18-10-7-8-15(2)12-18)20(27)19-13-16(3)24-21(25-19)23-14-17-9-5-6-11-22-17/h5-13H,4,14H2,1-3H3,(H,23,24,25). The minimum atomic E-state index is -0.144. The van der Waals surface area contributed by atoms with Gasteiger partial charge in [-0.05, 0) is 56.7 Å². The van der Waals surface area contributed by atoms with Crippen molar-refractivity contribution in [3.05, 3.63) is 77.4 Å². The highest BCUT2D eigenvalue weighted by Crippen LogP contribution is 2.19. The number of amides is 1. The molecular formula is C21H23N5O. The van der Waals surface area contributed by atoms with Gasteiger partial charge in [0, 0.05) is 24.1 Å². The SMILES string of the molecule is CCN(C(=O)c1cc(C)nc(NCc2ccccn2)n1)c1cccc(C)c1. The third-order valence-electron chi connectivity index (χ3n) is 4.10. The van der Waals surface area contributed by atoms with Crippen LogP contribution in [0.3, 0.4) is 0 Å². The number of nitrogens with one attached hydrogen (secondary N) is 1. The number of carbonyl (C=O) groups excluding carboxylic acids is 1. The first-order valence-electron chi connectivity index (χ1n) is 8.95. The predicted octanol–water partition coefficient (Wildman–Crippen LogP) is 3.77. The molecule has 6 heteroatoms. The lowest BCUT2D eigenvalue weighted by Crippen LogP contribution is -2.31. The minimum absolute atomic E-state index is 0.144. The molecule has 1 amide bonds. The number of pyridine rings is 1. The van der Waals surface area contributed by atoms with Crippen molar-refractivity contribution in [2.75, 3.05) is 16.8 Å². The first-order valence-corrected chi connectivity index (χ1v) is 8.95. The summed E-state index contributed by atoms with van der Waals surface area (Å²) in [6.45, 7) is 6.87. The molecule has 0 unspecified atom stereocenters. The minimum Gasteiger partial charge on any atom is -0.349 e. The molecular weight excluding hydrogens is 338 g/mol. The van der Waals surface area contributed by atoms with Gasteiger partial charge >= 0.3 is 0 Å². The second-order valence-corrected chi connectivity index (χ2v) is 6.28. The summed E-state index contributed by atoms with van der Waals surface area (Å²) in [5, 5.41) is 3.15. The van der Waals surface area contributed by atoms with Crippen LogP contribution in [0.4, 0.5) is 11.6 Å². The van der Waals surface area contributed by atoms with E-state index in [0.29, 0.717) is 24.7 Å². The molecule has 0 bridgehead atoms. The van der Waals surface area contributed by atoms with Crippen LogP contribution in [0.1, 0.15) is 34.4 Å². The van der Waals surface area contributed by atoms with Crippen molar-refractivity contribution in [1.29, 1.82) is 0 Å². The number of hydrogen-bond acceptors (Lipinski definition) is 5. The molecule has 0 atom stereocenters. The Morgan fingerprint density at radius 3 is 2.63 bits per heavy atom. The zero-order valence-corrected chi connectivity index (χ0v) is 15.8. The summed E-state index contributed by atoms with van der Waals surface area (Å²) in [6.07, 6.45) is 1.74. The van der Waals surface area contributed by atoms with E-state index in [0.717, 1.165) is 22.6 Å². The lowest BCUT2D eigenvalue weighted by atomic mass is 10.2. The highest BCUT2D eigenvalue weighted by Gasteiger charge is 2.19. The summed E-state index contributed by atoms with van der Waals surface area (Å²) >= 11 is 0. The van der Waals surface area contributed by atoms with Gasteiger partial charge in [0.2, 0.25) is 5.95 Å². The van der Waals surface area contributed by atoms with Crippen LogP contribution in [0.25, 0.3) is 0 Å². The van der Waals surface area contributed by atoms with Gasteiger partial charge in [0.1, 0.15) is 5.69 Å². The van der Waals surface area contributed by atoms with Crippen molar-refractivity contribution in [3.63, 3.8) is 0 Å². The van der Waals surface area contributed by atoms with Crippen molar-refractivity contribution in [3.8, 4) is 0 Å². The zero-order valence-electron chi connectivity index (χ0n) is 15.8. The molecule has 0 aliphatic heterocycles. The fourth-order valence-corrected chi connectivity index (χ4v) is 2.81. The number of nitrogens with zero attached hydrogens (tertiary/aromatic N) is 4. The number of carbonyl (C=O) groups is 1. The highest BCUT2D eigenvalue weighted by molar-refractivity contribution is 6.05. The maximum Gasteiger partial charge on any atom is 0.277 e. The Bertz CT molecular complexity index is 927. The summed E-state index contributed by atoms with van der Waals surface area (Å²) in [5.74, 6) is 0.277. The van der Waals surface area contributed by atoms with Crippen LogP contribution < -0.4 is 10.2 Å². The molecule has 0 spiro atoms. The van der Waals surface area contributed by atoms with E-state index in [1.54, 1.807) is 17.2 Å². The molecule has 138 valence electrons. The molecule has 27 heavy (non-hydrogen) atoms. The molecule has 0 radical (unpaired) electrons. The van der Waals surface area contributed by atoms with E-state index in [1.807, 2.05) is 63.2 Å². The second kappa shape index (κ2) is 8.40. The number of hydrogen-bond donors (Lipinski definition) is 1. The average Bonchev–Trinajstić information content (AvgIpc) is 2.67. The normalized spacial score (nSPS) is 10.5. The van der Waals surface area contributed by atoms with Crippen LogP contribution in [-0.2, 0) is 6.54 Å². The molecule has 2 aromatic heterocycles. The molecule has 0 aliphatic carbocycles. The van der Waals surface area contributed by atoms with Crippen LogP contribution in [0.15, 0.2) is 54.7 Å². The summed E-state index contributed by atoms with van der Waals surface area (Å²) in [5.41, 5.74) is 3.95. The molecule has 6 nitrogen and oxygen atoms in total. The van der Waals surface area contributed by atoms with Crippen molar-refractivity contribution in [1.82, 2.24) is 15.0 Å². The monoisotopic (exact) mass is 361 g/mol. The third-order valence-corrected chi connectivity index (χ3v) is 4.10. The zero-order chi connectivity index (χ0) is 19.2. The maximum absolute atomic E-state index is 13.1. The molecule has 0 aliphatic rings. The van der Waals surface area contributed by atoms with E-state index in [2.05, 4.69) is 20.3 Å². The fourth-order valence-electron chi connectivity index (χ4n) is 2.81. The van der Waals surface area contributed by atoms with Crippen LogP contribution in [0.5, 0.6) is 0 Å². The number of benzene rings is 1. The third kappa shape index (κ3) is 4.67. The first kappa shape index (κ1) is 18.5. The summed E-state index contributed by atoms with van der Waals surface area (Å²) < 4.78 is 0. The Balaban J connectivity index is 1.82. The van der Waals surface area contributed by atoms with E-state index in [4.69, 9.17) is 0 Å². The van der Waals surface area contributed by atoms with Gasteiger partial charge in [-0.25, -0.2) is 9.97 Å². The lowest BCUT2D eigenvalue weighted by Gasteiger charge is -2.21. The molecule has 3 aromatic rings. The molecule has 0 fully saturated rings. The maximum atomic E-state index is 13.1. The Hall–Kier alpha value is -3.28. The largest absolute Gasteiger partial charge is 0.349 e. The van der Waals surface area contributed by atoms with E-state index in [1.165, 1.54) is 0 Å².